The molecule has 4 nitrogen and oxygen atoms in total. The van der Waals surface area contributed by atoms with E-state index in [2.05, 4.69) is 5.32 Å². The maximum absolute atomic E-state index is 13.0. The molecule has 0 aliphatic rings. The highest BCUT2D eigenvalue weighted by Crippen LogP contribution is 2.06. The van der Waals surface area contributed by atoms with E-state index in [4.69, 9.17) is 0 Å². The number of benzene rings is 1. The van der Waals surface area contributed by atoms with Crippen molar-refractivity contribution in [1.29, 1.82) is 0 Å². The van der Waals surface area contributed by atoms with Gasteiger partial charge in [0.25, 0.3) is 0 Å². The summed E-state index contributed by atoms with van der Waals surface area (Å²) in [7, 11) is 0. The van der Waals surface area contributed by atoms with Gasteiger partial charge in [0, 0.05) is 18.7 Å². The van der Waals surface area contributed by atoms with Crippen LogP contribution < -0.4 is 5.32 Å². The van der Waals surface area contributed by atoms with Crippen LogP contribution in [-0.4, -0.2) is 35.8 Å². The lowest BCUT2D eigenvalue weighted by Gasteiger charge is -2.19. The van der Waals surface area contributed by atoms with Gasteiger partial charge in [-0.1, -0.05) is 12.1 Å². The minimum atomic E-state index is -0.353. The minimum Gasteiger partial charge on any atom is -0.352 e. The average molecular weight is 292 g/mol. The Balaban J connectivity index is 2.64. The van der Waals surface area contributed by atoms with E-state index in [-0.39, 0.29) is 30.2 Å². The summed E-state index contributed by atoms with van der Waals surface area (Å²) in [6.45, 7) is 5.97. The van der Waals surface area contributed by atoms with E-state index in [0.29, 0.717) is 12.1 Å². The predicted octanol–water partition coefficient (Wildman–Crippen LogP) is 2.21. The first-order chi connectivity index (χ1) is 9.92. The van der Waals surface area contributed by atoms with Crippen molar-refractivity contribution < 1.29 is 14.0 Å². The van der Waals surface area contributed by atoms with Gasteiger partial charge in [0.05, 0.1) is 6.54 Å². The van der Waals surface area contributed by atoms with E-state index in [1.54, 1.807) is 19.1 Å². The van der Waals surface area contributed by atoms with Gasteiger partial charge in [-0.3, -0.25) is 9.59 Å². The van der Waals surface area contributed by atoms with Crippen LogP contribution in [0.3, 0.4) is 0 Å². The first kappa shape index (κ1) is 16.9. The van der Waals surface area contributed by atoms with Gasteiger partial charge in [0.1, 0.15) is 5.82 Å². The number of amides is 2. The van der Waals surface area contributed by atoms with Crippen molar-refractivity contribution in [1.82, 2.24) is 10.2 Å². The van der Waals surface area contributed by atoms with E-state index in [1.165, 1.54) is 29.2 Å². The van der Waals surface area contributed by atoms with Gasteiger partial charge in [-0.05, 0) is 44.5 Å². The van der Waals surface area contributed by atoms with Crippen LogP contribution in [0.15, 0.2) is 30.3 Å². The Labute approximate surface area is 124 Å². The molecule has 0 atom stereocenters. The third-order valence-corrected chi connectivity index (χ3v) is 2.74. The molecule has 0 spiro atoms. The summed E-state index contributed by atoms with van der Waals surface area (Å²) < 4.78 is 13.0. The number of nitrogens with zero attached hydrogens (tertiary/aromatic N) is 1. The maximum Gasteiger partial charge on any atom is 0.247 e. The molecule has 0 aliphatic carbocycles. The third-order valence-electron chi connectivity index (χ3n) is 2.74. The Morgan fingerprint density at radius 3 is 2.67 bits per heavy atom. The largest absolute Gasteiger partial charge is 0.352 e. The van der Waals surface area contributed by atoms with Gasteiger partial charge in [0.2, 0.25) is 11.8 Å². The summed E-state index contributed by atoms with van der Waals surface area (Å²) in [4.78, 5) is 25.1. The molecule has 21 heavy (non-hydrogen) atoms. The molecule has 1 aromatic rings. The third kappa shape index (κ3) is 6.21. The number of hydrogen-bond acceptors (Lipinski definition) is 2. The summed E-state index contributed by atoms with van der Waals surface area (Å²) >= 11 is 0. The van der Waals surface area contributed by atoms with E-state index in [9.17, 15) is 14.0 Å². The first-order valence-electron chi connectivity index (χ1n) is 6.94. The molecule has 114 valence electrons. The average Bonchev–Trinajstić information content (AvgIpc) is 2.41. The Hall–Kier alpha value is -2.17. The fraction of sp³-hybridized carbons (Fsp3) is 0.375. The lowest BCUT2D eigenvalue weighted by atomic mass is 10.2. The van der Waals surface area contributed by atoms with Crippen LogP contribution in [0, 0.1) is 5.82 Å². The molecule has 2 amide bonds. The van der Waals surface area contributed by atoms with Crippen LogP contribution in [0.4, 0.5) is 4.39 Å². The lowest BCUT2D eigenvalue weighted by molar-refractivity contribution is -0.132. The molecule has 0 aromatic heterocycles. The summed E-state index contributed by atoms with van der Waals surface area (Å²) in [6, 6.07) is 6.00. The molecule has 0 saturated heterocycles. The van der Waals surface area contributed by atoms with E-state index < -0.39 is 0 Å². The zero-order valence-corrected chi connectivity index (χ0v) is 12.6. The molecular weight excluding hydrogens is 271 g/mol. The van der Waals surface area contributed by atoms with Crippen molar-refractivity contribution in [2.45, 2.75) is 26.8 Å². The van der Waals surface area contributed by atoms with Gasteiger partial charge in [-0.25, -0.2) is 4.39 Å². The molecule has 0 radical (unpaired) electrons. The zero-order valence-electron chi connectivity index (χ0n) is 12.6. The van der Waals surface area contributed by atoms with E-state index in [1.807, 2.05) is 13.8 Å². The second-order valence-electron chi connectivity index (χ2n) is 4.96. The molecule has 0 saturated carbocycles. The normalized spacial score (nSPS) is 10.9. The van der Waals surface area contributed by atoms with Crippen molar-refractivity contribution in [3.8, 4) is 0 Å². The number of carbonyl (C=O) groups excluding carboxylic acids is 2. The summed E-state index contributed by atoms with van der Waals surface area (Å²) in [5, 5.41) is 2.74. The zero-order chi connectivity index (χ0) is 15.8. The minimum absolute atomic E-state index is 0.0149. The highest BCUT2D eigenvalue weighted by atomic mass is 19.1. The standard InChI is InChI=1S/C16H21FN2O2/c1-4-19(11-15(20)18-12(2)3)16(21)9-8-13-6-5-7-14(17)10-13/h5-10,12H,4,11H2,1-3H3,(H,18,20)/b9-8+. The fourth-order valence-electron chi connectivity index (χ4n) is 1.77. The van der Waals surface area contributed by atoms with Crippen molar-refractivity contribution in [2.75, 3.05) is 13.1 Å². The van der Waals surface area contributed by atoms with Gasteiger partial charge < -0.3 is 10.2 Å². The van der Waals surface area contributed by atoms with Crippen LogP contribution in [-0.2, 0) is 9.59 Å². The molecule has 1 aromatic carbocycles. The van der Waals surface area contributed by atoms with Crippen LogP contribution in [0.25, 0.3) is 6.08 Å². The lowest BCUT2D eigenvalue weighted by Crippen LogP contribution is -2.42. The van der Waals surface area contributed by atoms with E-state index >= 15 is 0 Å². The van der Waals surface area contributed by atoms with Gasteiger partial charge in [0.15, 0.2) is 0 Å². The number of carbonyl (C=O) groups is 2. The number of likely N-dealkylation sites (N-methyl/N-ethyl adjacent to an activating group) is 1. The number of nitrogens with one attached hydrogen (secondary N) is 1. The fourth-order valence-corrected chi connectivity index (χ4v) is 1.77. The van der Waals surface area contributed by atoms with Crippen molar-refractivity contribution in [3.63, 3.8) is 0 Å². The van der Waals surface area contributed by atoms with Crippen LogP contribution >= 0.6 is 0 Å². The van der Waals surface area contributed by atoms with Gasteiger partial charge >= 0.3 is 0 Å². The van der Waals surface area contributed by atoms with Gasteiger partial charge in [-0.15, -0.1) is 0 Å². The molecule has 0 fully saturated rings. The maximum atomic E-state index is 13.0. The van der Waals surface area contributed by atoms with Crippen molar-refractivity contribution in [2.24, 2.45) is 0 Å². The highest BCUT2D eigenvalue weighted by Gasteiger charge is 2.13. The predicted molar refractivity (Wildman–Crippen MR) is 81.0 cm³/mol. The van der Waals surface area contributed by atoms with Crippen LogP contribution in [0.2, 0.25) is 0 Å². The molecule has 0 unspecified atom stereocenters. The molecule has 0 heterocycles. The van der Waals surface area contributed by atoms with Crippen molar-refractivity contribution >= 4 is 17.9 Å². The number of halogens is 1. The second kappa shape index (κ2) is 8.19. The van der Waals surface area contributed by atoms with Gasteiger partial charge in [-0.2, -0.15) is 0 Å². The van der Waals surface area contributed by atoms with Crippen LogP contribution in [0.1, 0.15) is 26.3 Å². The van der Waals surface area contributed by atoms with E-state index in [0.717, 1.165) is 0 Å². The monoisotopic (exact) mass is 292 g/mol. The Kier molecular flexibility index (Phi) is 6.59. The number of hydrogen-bond donors (Lipinski definition) is 1. The SMILES string of the molecule is CCN(CC(=O)NC(C)C)C(=O)/C=C/c1cccc(F)c1. The molecule has 5 heteroatoms. The smallest absolute Gasteiger partial charge is 0.247 e. The highest BCUT2D eigenvalue weighted by molar-refractivity contribution is 5.94. The Morgan fingerprint density at radius 1 is 1.38 bits per heavy atom. The Bertz CT molecular complexity index is 527. The molecule has 0 bridgehead atoms. The van der Waals surface area contributed by atoms with Crippen LogP contribution in [0.5, 0.6) is 0 Å². The topological polar surface area (TPSA) is 49.4 Å². The Morgan fingerprint density at radius 2 is 2.10 bits per heavy atom. The summed E-state index contributed by atoms with van der Waals surface area (Å²) in [6.07, 6.45) is 2.88. The molecule has 0 aliphatic heterocycles. The number of rotatable bonds is 6. The van der Waals surface area contributed by atoms with Crippen molar-refractivity contribution in [3.05, 3.63) is 41.7 Å². The first-order valence-corrected chi connectivity index (χ1v) is 6.94. The molecular formula is C16H21FN2O2. The molecule has 1 rings (SSSR count). The summed E-state index contributed by atoms with van der Waals surface area (Å²) in [5.74, 6) is -0.826. The second-order valence-corrected chi connectivity index (χ2v) is 4.96. The molecule has 1 N–H and O–H groups in total. The quantitative estimate of drug-likeness (QED) is 0.817. The summed E-state index contributed by atoms with van der Waals surface area (Å²) in [5.41, 5.74) is 0.603.